The highest BCUT2D eigenvalue weighted by Gasteiger charge is 2.18. The van der Waals surface area contributed by atoms with E-state index in [9.17, 15) is 0 Å². The van der Waals surface area contributed by atoms with Gasteiger partial charge in [-0.15, -0.1) is 0 Å². The summed E-state index contributed by atoms with van der Waals surface area (Å²) in [5.41, 5.74) is 4.03. The van der Waals surface area contributed by atoms with E-state index in [1.807, 2.05) is 30.3 Å². The van der Waals surface area contributed by atoms with Gasteiger partial charge in [0.25, 0.3) is 0 Å². The molecule has 2 aromatic rings. The fourth-order valence-corrected chi connectivity index (χ4v) is 2.94. The van der Waals surface area contributed by atoms with Gasteiger partial charge in [-0.25, -0.2) is 0 Å². The molecule has 0 fully saturated rings. The van der Waals surface area contributed by atoms with Crippen molar-refractivity contribution >= 4 is 5.69 Å². The van der Waals surface area contributed by atoms with Crippen molar-refractivity contribution in [2.75, 3.05) is 24.6 Å². The minimum atomic E-state index is 0.476. The first-order valence-electron chi connectivity index (χ1n) is 7.98. The fraction of sp³-hybridized carbons (Fsp3) is 0.368. The van der Waals surface area contributed by atoms with E-state index in [4.69, 9.17) is 4.74 Å². The number of rotatable bonds is 4. The van der Waals surface area contributed by atoms with E-state index in [2.05, 4.69) is 42.3 Å². The third kappa shape index (κ3) is 3.60. The number of ether oxygens (including phenoxy) is 1. The number of fused-ring (bicyclic) bond motifs is 1. The Kier molecular flexibility index (Phi) is 4.64. The predicted molar refractivity (Wildman–Crippen MR) is 91.6 cm³/mol. The van der Waals surface area contributed by atoms with Gasteiger partial charge in [0.1, 0.15) is 12.4 Å². The van der Waals surface area contributed by atoms with Crippen molar-refractivity contribution in [3.8, 4) is 5.75 Å². The van der Waals surface area contributed by atoms with Crippen LogP contribution in [0.4, 0.5) is 5.69 Å². The summed E-state index contributed by atoms with van der Waals surface area (Å²) in [6.45, 7) is 7.94. The maximum atomic E-state index is 5.86. The molecule has 3 nitrogen and oxygen atoms in total. The molecule has 0 aliphatic carbocycles. The van der Waals surface area contributed by atoms with Crippen molar-refractivity contribution < 1.29 is 4.74 Å². The van der Waals surface area contributed by atoms with Crippen LogP contribution in [-0.4, -0.2) is 25.7 Å². The summed E-state index contributed by atoms with van der Waals surface area (Å²) in [4.78, 5) is 2.43. The molecule has 3 heteroatoms. The Morgan fingerprint density at radius 1 is 1.18 bits per heavy atom. The van der Waals surface area contributed by atoms with E-state index in [1.165, 1.54) is 16.8 Å². The fourth-order valence-electron chi connectivity index (χ4n) is 2.94. The maximum absolute atomic E-state index is 5.86. The Morgan fingerprint density at radius 2 is 2.00 bits per heavy atom. The molecular formula is C19H24N2O. The second kappa shape index (κ2) is 6.84. The first kappa shape index (κ1) is 14.9. The standard InChI is InChI=1S/C19H24N2O/c1-15-8-9-19-17(12-15)13-20-16(2)14-21(19)10-11-22-18-6-4-3-5-7-18/h3-9,12,16,20H,10-11,13-14H2,1-2H3. The van der Waals surface area contributed by atoms with Gasteiger partial charge in [-0.1, -0.05) is 35.9 Å². The first-order chi connectivity index (χ1) is 10.7. The number of aryl methyl sites for hydroxylation is 1. The zero-order chi connectivity index (χ0) is 15.4. The molecule has 1 aliphatic heterocycles. The SMILES string of the molecule is Cc1ccc2c(c1)CNC(C)CN2CCOc1ccccc1. The van der Waals surface area contributed by atoms with Gasteiger partial charge in [-0.2, -0.15) is 0 Å². The largest absolute Gasteiger partial charge is 0.492 e. The molecular weight excluding hydrogens is 272 g/mol. The molecule has 1 aliphatic rings. The Labute approximate surface area is 132 Å². The summed E-state index contributed by atoms with van der Waals surface area (Å²) in [6.07, 6.45) is 0. The number of hydrogen-bond donors (Lipinski definition) is 1. The monoisotopic (exact) mass is 296 g/mol. The molecule has 1 atom stereocenters. The Bertz CT molecular complexity index is 612. The van der Waals surface area contributed by atoms with Crippen LogP contribution in [0.3, 0.4) is 0 Å². The molecule has 1 N–H and O–H groups in total. The Morgan fingerprint density at radius 3 is 2.82 bits per heavy atom. The van der Waals surface area contributed by atoms with E-state index in [-0.39, 0.29) is 0 Å². The van der Waals surface area contributed by atoms with Crippen LogP contribution in [0.1, 0.15) is 18.1 Å². The molecule has 0 saturated carbocycles. The number of nitrogens with zero attached hydrogens (tertiary/aromatic N) is 1. The molecule has 3 rings (SSSR count). The molecule has 0 amide bonds. The van der Waals surface area contributed by atoms with Gasteiger partial charge in [-0.3, -0.25) is 0 Å². The molecule has 1 heterocycles. The van der Waals surface area contributed by atoms with E-state index < -0.39 is 0 Å². The van der Waals surface area contributed by atoms with Crippen LogP contribution in [0.25, 0.3) is 0 Å². The summed E-state index contributed by atoms with van der Waals surface area (Å²) >= 11 is 0. The van der Waals surface area contributed by atoms with E-state index >= 15 is 0 Å². The van der Waals surface area contributed by atoms with Crippen LogP contribution < -0.4 is 15.0 Å². The van der Waals surface area contributed by atoms with Crippen molar-refractivity contribution in [2.24, 2.45) is 0 Å². The highest BCUT2D eigenvalue weighted by molar-refractivity contribution is 5.56. The van der Waals surface area contributed by atoms with E-state index in [0.29, 0.717) is 12.6 Å². The number of nitrogens with one attached hydrogen (secondary N) is 1. The molecule has 22 heavy (non-hydrogen) atoms. The lowest BCUT2D eigenvalue weighted by Crippen LogP contribution is -2.38. The lowest BCUT2D eigenvalue weighted by molar-refractivity contribution is 0.322. The van der Waals surface area contributed by atoms with Gasteiger partial charge in [0, 0.05) is 24.8 Å². The number of para-hydroxylation sites is 1. The predicted octanol–water partition coefficient (Wildman–Crippen LogP) is 3.37. The minimum absolute atomic E-state index is 0.476. The van der Waals surface area contributed by atoms with Gasteiger partial charge in [0.05, 0.1) is 6.54 Å². The third-order valence-electron chi connectivity index (χ3n) is 4.08. The molecule has 0 aromatic heterocycles. The lowest BCUT2D eigenvalue weighted by atomic mass is 10.1. The van der Waals surface area contributed by atoms with Gasteiger partial charge >= 0.3 is 0 Å². The van der Waals surface area contributed by atoms with Crippen molar-refractivity contribution in [1.29, 1.82) is 0 Å². The van der Waals surface area contributed by atoms with Crippen LogP contribution >= 0.6 is 0 Å². The van der Waals surface area contributed by atoms with Crippen molar-refractivity contribution in [3.05, 3.63) is 59.7 Å². The molecule has 0 bridgehead atoms. The van der Waals surface area contributed by atoms with Gasteiger partial charge in [-0.05, 0) is 37.6 Å². The van der Waals surface area contributed by atoms with Crippen molar-refractivity contribution in [3.63, 3.8) is 0 Å². The van der Waals surface area contributed by atoms with Crippen LogP contribution in [-0.2, 0) is 6.54 Å². The highest BCUT2D eigenvalue weighted by Crippen LogP contribution is 2.24. The number of hydrogen-bond acceptors (Lipinski definition) is 3. The Balaban J connectivity index is 1.69. The zero-order valence-corrected chi connectivity index (χ0v) is 13.4. The second-order valence-electron chi connectivity index (χ2n) is 6.02. The summed E-state index contributed by atoms with van der Waals surface area (Å²) in [7, 11) is 0. The topological polar surface area (TPSA) is 24.5 Å². The van der Waals surface area contributed by atoms with Gasteiger partial charge in [0.15, 0.2) is 0 Å². The van der Waals surface area contributed by atoms with Crippen LogP contribution in [0, 0.1) is 6.92 Å². The quantitative estimate of drug-likeness (QED) is 0.936. The van der Waals surface area contributed by atoms with Gasteiger partial charge in [0.2, 0.25) is 0 Å². The average molecular weight is 296 g/mol. The van der Waals surface area contributed by atoms with Crippen molar-refractivity contribution in [1.82, 2.24) is 5.32 Å². The van der Waals surface area contributed by atoms with E-state index in [1.54, 1.807) is 0 Å². The smallest absolute Gasteiger partial charge is 0.119 e. The summed E-state index contributed by atoms with van der Waals surface area (Å²) in [6, 6.07) is 17.2. The van der Waals surface area contributed by atoms with Crippen LogP contribution in [0.15, 0.2) is 48.5 Å². The number of benzene rings is 2. The zero-order valence-electron chi connectivity index (χ0n) is 13.4. The van der Waals surface area contributed by atoms with E-state index in [0.717, 1.165) is 25.4 Å². The summed E-state index contributed by atoms with van der Waals surface area (Å²) < 4.78 is 5.86. The molecule has 0 spiro atoms. The molecule has 0 radical (unpaired) electrons. The maximum Gasteiger partial charge on any atom is 0.119 e. The summed E-state index contributed by atoms with van der Waals surface area (Å²) in [5, 5.41) is 3.58. The second-order valence-corrected chi connectivity index (χ2v) is 6.02. The highest BCUT2D eigenvalue weighted by atomic mass is 16.5. The average Bonchev–Trinajstić information content (AvgIpc) is 2.68. The minimum Gasteiger partial charge on any atom is -0.492 e. The van der Waals surface area contributed by atoms with Crippen LogP contribution in [0.5, 0.6) is 5.75 Å². The number of anilines is 1. The molecule has 1 unspecified atom stereocenters. The molecule has 0 saturated heterocycles. The molecule has 2 aromatic carbocycles. The third-order valence-corrected chi connectivity index (χ3v) is 4.08. The Hall–Kier alpha value is -2.00. The van der Waals surface area contributed by atoms with Crippen LogP contribution in [0.2, 0.25) is 0 Å². The normalized spacial score (nSPS) is 17.7. The lowest BCUT2D eigenvalue weighted by Gasteiger charge is -2.26. The van der Waals surface area contributed by atoms with Gasteiger partial charge < -0.3 is 15.0 Å². The first-order valence-corrected chi connectivity index (χ1v) is 7.98. The van der Waals surface area contributed by atoms with Crippen molar-refractivity contribution in [2.45, 2.75) is 26.4 Å². The summed E-state index contributed by atoms with van der Waals surface area (Å²) in [5.74, 6) is 0.938. The molecule has 116 valence electrons.